The average molecular weight is 375 g/mol. The smallest absolute Gasteiger partial charge is 0.259 e. The first kappa shape index (κ1) is 15.6. The zero-order chi connectivity index (χ0) is 16.1. The van der Waals surface area contributed by atoms with E-state index < -0.39 is 15.6 Å². The maximum absolute atomic E-state index is 12.1. The van der Waals surface area contributed by atoms with Gasteiger partial charge in [-0.2, -0.15) is 0 Å². The zero-order valence-corrected chi connectivity index (χ0v) is 13.8. The summed E-state index contributed by atoms with van der Waals surface area (Å²) < 4.78 is -1.77. The Balaban J connectivity index is 2.34. The fraction of sp³-hybridized carbons (Fsp3) is 0.0667. The summed E-state index contributed by atoms with van der Waals surface area (Å²) in [6.07, 6.45) is 0. The highest BCUT2D eigenvalue weighted by molar-refractivity contribution is 6.67. The number of halogens is 4. The van der Waals surface area contributed by atoms with Gasteiger partial charge in [-0.05, 0) is 23.3 Å². The number of amides is 2. The van der Waals surface area contributed by atoms with Gasteiger partial charge in [-0.25, -0.2) is 0 Å². The van der Waals surface area contributed by atoms with Crippen LogP contribution in [0.3, 0.4) is 0 Å². The molecule has 0 aromatic heterocycles. The second kappa shape index (κ2) is 5.43. The molecule has 22 heavy (non-hydrogen) atoms. The van der Waals surface area contributed by atoms with Gasteiger partial charge in [0.05, 0.1) is 11.1 Å². The molecule has 1 aliphatic rings. The second-order valence-electron chi connectivity index (χ2n) is 4.67. The van der Waals surface area contributed by atoms with Crippen molar-refractivity contribution in [3.8, 4) is 11.1 Å². The summed E-state index contributed by atoms with van der Waals surface area (Å²) in [5.41, 5.74) is 1.80. The normalized spacial score (nSPS) is 14.0. The van der Waals surface area contributed by atoms with Gasteiger partial charge in [-0.15, -0.1) is 0 Å². The SMILES string of the molecule is O=C1NC(=O)c2c1cccc2-c1cccc(Cl)c1C(Cl)(Cl)Cl. The van der Waals surface area contributed by atoms with Gasteiger partial charge < -0.3 is 0 Å². The predicted molar refractivity (Wildman–Crippen MR) is 87.9 cm³/mol. The molecule has 2 aromatic carbocycles. The Morgan fingerprint density at radius 2 is 1.41 bits per heavy atom. The van der Waals surface area contributed by atoms with Crippen LogP contribution in [0.1, 0.15) is 26.3 Å². The van der Waals surface area contributed by atoms with Crippen molar-refractivity contribution < 1.29 is 9.59 Å². The molecule has 112 valence electrons. The molecule has 0 saturated carbocycles. The number of benzene rings is 2. The standard InChI is InChI=1S/C15H7Cl4NO2/c16-10-6-2-4-8(12(10)15(17,18)19)7-3-1-5-9-11(7)14(22)20-13(9)21/h1-6H,(H,20,21,22). The van der Waals surface area contributed by atoms with E-state index >= 15 is 0 Å². The van der Waals surface area contributed by atoms with Crippen molar-refractivity contribution in [2.24, 2.45) is 0 Å². The van der Waals surface area contributed by atoms with Crippen LogP contribution in [0.15, 0.2) is 36.4 Å². The van der Waals surface area contributed by atoms with Crippen molar-refractivity contribution in [3.63, 3.8) is 0 Å². The minimum Gasteiger partial charge on any atom is -0.288 e. The number of rotatable bonds is 1. The van der Waals surface area contributed by atoms with Crippen LogP contribution in [0.5, 0.6) is 0 Å². The molecule has 0 saturated heterocycles. The highest BCUT2D eigenvalue weighted by Crippen LogP contribution is 2.47. The Morgan fingerprint density at radius 1 is 0.818 bits per heavy atom. The summed E-state index contributed by atoms with van der Waals surface area (Å²) in [6, 6.07) is 9.88. The molecular formula is C15H7Cl4NO2. The first-order chi connectivity index (χ1) is 10.3. The Labute approximate surface area is 146 Å². The van der Waals surface area contributed by atoms with Crippen LogP contribution in [0.2, 0.25) is 5.02 Å². The molecule has 0 radical (unpaired) electrons. The van der Waals surface area contributed by atoms with E-state index in [0.717, 1.165) is 0 Å². The van der Waals surface area contributed by atoms with E-state index in [2.05, 4.69) is 5.32 Å². The molecule has 0 aliphatic carbocycles. The van der Waals surface area contributed by atoms with Gasteiger partial charge >= 0.3 is 0 Å². The molecule has 1 N–H and O–H groups in total. The molecule has 3 nitrogen and oxygen atoms in total. The van der Waals surface area contributed by atoms with E-state index in [1.807, 2.05) is 0 Å². The van der Waals surface area contributed by atoms with Crippen molar-refractivity contribution in [3.05, 3.63) is 58.1 Å². The highest BCUT2D eigenvalue weighted by Gasteiger charge is 2.34. The third-order valence-electron chi connectivity index (χ3n) is 3.35. The monoisotopic (exact) mass is 373 g/mol. The van der Waals surface area contributed by atoms with Crippen LogP contribution in [-0.2, 0) is 3.79 Å². The molecule has 1 aliphatic heterocycles. The zero-order valence-electron chi connectivity index (χ0n) is 10.8. The lowest BCUT2D eigenvalue weighted by molar-refractivity contribution is 0.0880. The molecular weight excluding hydrogens is 368 g/mol. The number of carbonyl (C=O) groups is 2. The van der Waals surface area contributed by atoms with Gasteiger partial charge in [0, 0.05) is 10.6 Å². The lowest BCUT2D eigenvalue weighted by Gasteiger charge is -2.19. The minimum atomic E-state index is -1.77. The number of imide groups is 1. The number of carbonyl (C=O) groups excluding carboxylic acids is 2. The molecule has 0 bridgehead atoms. The first-order valence-corrected chi connectivity index (χ1v) is 7.66. The van der Waals surface area contributed by atoms with Crippen molar-refractivity contribution >= 4 is 58.2 Å². The van der Waals surface area contributed by atoms with Crippen molar-refractivity contribution in [1.82, 2.24) is 5.32 Å². The minimum absolute atomic E-state index is 0.255. The fourth-order valence-corrected chi connectivity index (χ4v) is 3.55. The van der Waals surface area contributed by atoms with Crippen LogP contribution < -0.4 is 5.32 Å². The van der Waals surface area contributed by atoms with E-state index in [0.29, 0.717) is 11.1 Å². The van der Waals surface area contributed by atoms with E-state index in [9.17, 15) is 9.59 Å². The molecule has 0 atom stereocenters. The molecule has 7 heteroatoms. The highest BCUT2D eigenvalue weighted by atomic mass is 35.6. The summed E-state index contributed by atoms with van der Waals surface area (Å²) in [7, 11) is 0. The Bertz CT molecular complexity index is 812. The quantitative estimate of drug-likeness (QED) is 0.580. The maximum Gasteiger partial charge on any atom is 0.259 e. The molecule has 0 fully saturated rings. The number of nitrogens with one attached hydrogen (secondary N) is 1. The third-order valence-corrected chi connectivity index (χ3v) is 4.23. The lowest BCUT2D eigenvalue weighted by Crippen LogP contribution is -2.20. The second-order valence-corrected chi connectivity index (χ2v) is 7.36. The Hall–Kier alpha value is -1.26. The summed E-state index contributed by atoms with van der Waals surface area (Å²) >= 11 is 24.2. The first-order valence-electron chi connectivity index (χ1n) is 6.15. The van der Waals surface area contributed by atoms with E-state index in [1.165, 1.54) is 0 Å². The number of hydrogen-bond acceptors (Lipinski definition) is 2. The van der Waals surface area contributed by atoms with Crippen LogP contribution in [0.25, 0.3) is 11.1 Å². The maximum atomic E-state index is 12.1. The number of fused-ring (bicyclic) bond motifs is 1. The number of hydrogen-bond donors (Lipinski definition) is 1. The Morgan fingerprint density at radius 3 is 2.09 bits per heavy atom. The predicted octanol–water partition coefficient (Wildman–Crippen LogP) is 4.72. The molecule has 0 unspecified atom stereocenters. The van der Waals surface area contributed by atoms with Crippen LogP contribution in [-0.4, -0.2) is 11.8 Å². The van der Waals surface area contributed by atoms with Crippen molar-refractivity contribution in [2.45, 2.75) is 3.79 Å². The average Bonchev–Trinajstić information content (AvgIpc) is 2.72. The van der Waals surface area contributed by atoms with Gasteiger partial charge in [-0.3, -0.25) is 14.9 Å². The van der Waals surface area contributed by atoms with Gasteiger partial charge in [0.1, 0.15) is 0 Å². The van der Waals surface area contributed by atoms with Crippen LogP contribution in [0.4, 0.5) is 0 Å². The molecule has 2 aromatic rings. The molecule has 2 amide bonds. The topological polar surface area (TPSA) is 46.2 Å². The van der Waals surface area contributed by atoms with Crippen LogP contribution >= 0.6 is 46.4 Å². The van der Waals surface area contributed by atoms with Gasteiger partial charge in [-0.1, -0.05) is 70.7 Å². The lowest BCUT2D eigenvalue weighted by atomic mass is 9.93. The summed E-state index contributed by atoms with van der Waals surface area (Å²) in [6.45, 7) is 0. The third kappa shape index (κ3) is 2.48. The summed E-state index contributed by atoms with van der Waals surface area (Å²) in [5.74, 6) is -0.926. The van der Waals surface area contributed by atoms with Gasteiger partial charge in [0.2, 0.25) is 3.79 Å². The molecule has 1 heterocycles. The van der Waals surface area contributed by atoms with Crippen molar-refractivity contribution in [1.29, 1.82) is 0 Å². The van der Waals surface area contributed by atoms with E-state index in [4.69, 9.17) is 46.4 Å². The van der Waals surface area contributed by atoms with Crippen molar-refractivity contribution in [2.75, 3.05) is 0 Å². The van der Waals surface area contributed by atoms with Gasteiger partial charge in [0.15, 0.2) is 0 Å². The molecule has 3 rings (SSSR count). The van der Waals surface area contributed by atoms with Gasteiger partial charge in [0.25, 0.3) is 11.8 Å². The molecule has 0 spiro atoms. The summed E-state index contributed by atoms with van der Waals surface area (Å²) in [4.78, 5) is 23.8. The Kier molecular flexibility index (Phi) is 3.86. The van der Waals surface area contributed by atoms with E-state index in [1.54, 1.807) is 36.4 Å². The van der Waals surface area contributed by atoms with Crippen LogP contribution in [0, 0.1) is 0 Å². The fourth-order valence-electron chi connectivity index (χ4n) is 2.48. The summed E-state index contributed by atoms with van der Waals surface area (Å²) in [5, 5.41) is 2.52. The van der Waals surface area contributed by atoms with E-state index in [-0.39, 0.29) is 21.7 Å². The largest absolute Gasteiger partial charge is 0.288 e. The number of alkyl halides is 3.